The van der Waals surface area contributed by atoms with Crippen molar-refractivity contribution in [3.63, 3.8) is 0 Å². The zero-order valence-electron chi connectivity index (χ0n) is 22.7. The van der Waals surface area contributed by atoms with Gasteiger partial charge < -0.3 is 10.2 Å². The number of sulfonamides is 1. The molecule has 40 heavy (non-hydrogen) atoms. The van der Waals surface area contributed by atoms with Crippen LogP contribution in [-0.4, -0.2) is 49.5 Å². The van der Waals surface area contributed by atoms with Gasteiger partial charge in [-0.15, -0.1) is 0 Å². The molecule has 0 saturated heterocycles. The standard InChI is InChI=1S/C29H32BrCl2N3O4S/c1-29(2,3)33-28(37)26(16-20-8-6-5-7-9-20)34(18-21-10-13-23(31)17-25(21)32)27(36)19-35(40(4,38)39)24-14-11-22(30)12-15-24/h5-15,17,26H,16,18-19H2,1-4H3,(H,33,37)/t26-/m1/s1. The van der Waals surface area contributed by atoms with E-state index in [1.54, 1.807) is 42.5 Å². The number of rotatable bonds is 10. The Morgan fingerprint density at radius 2 is 1.60 bits per heavy atom. The molecule has 3 aromatic rings. The zero-order valence-corrected chi connectivity index (χ0v) is 26.6. The van der Waals surface area contributed by atoms with Crippen LogP contribution < -0.4 is 9.62 Å². The number of halogens is 3. The fourth-order valence-corrected chi connectivity index (χ4v) is 5.64. The Labute approximate surface area is 254 Å². The van der Waals surface area contributed by atoms with E-state index in [2.05, 4.69) is 21.2 Å². The Morgan fingerprint density at radius 1 is 0.975 bits per heavy atom. The number of hydrogen-bond donors (Lipinski definition) is 1. The lowest BCUT2D eigenvalue weighted by Crippen LogP contribution is -2.56. The Morgan fingerprint density at radius 3 is 2.15 bits per heavy atom. The maximum Gasteiger partial charge on any atom is 0.244 e. The summed E-state index contributed by atoms with van der Waals surface area (Å²) in [7, 11) is -3.85. The zero-order chi connectivity index (χ0) is 29.7. The fourth-order valence-electron chi connectivity index (χ4n) is 4.06. The van der Waals surface area contributed by atoms with Crippen molar-refractivity contribution in [1.82, 2.24) is 10.2 Å². The Balaban J connectivity index is 2.09. The summed E-state index contributed by atoms with van der Waals surface area (Å²) in [5, 5.41) is 3.74. The van der Waals surface area contributed by atoms with Crippen molar-refractivity contribution < 1.29 is 18.0 Å². The first-order chi connectivity index (χ1) is 18.6. The van der Waals surface area contributed by atoms with Gasteiger partial charge in [0.25, 0.3) is 0 Å². The predicted octanol–water partition coefficient (Wildman–Crippen LogP) is 6.08. The summed E-state index contributed by atoms with van der Waals surface area (Å²) in [6, 6.07) is 19.9. The summed E-state index contributed by atoms with van der Waals surface area (Å²) in [4.78, 5) is 29.2. The molecule has 0 aliphatic heterocycles. The number of hydrogen-bond acceptors (Lipinski definition) is 4. The van der Waals surface area contributed by atoms with E-state index in [1.165, 1.54) is 4.90 Å². The van der Waals surface area contributed by atoms with Crippen LogP contribution in [0, 0.1) is 0 Å². The molecule has 0 aromatic heterocycles. The van der Waals surface area contributed by atoms with Gasteiger partial charge in [0, 0.05) is 33.0 Å². The Hall–Kier alpha value is -2.59. The number of amides is 2. The van der Waals surface area contributed by atoms with Gasteiger partial charge in [-0.3, -0.25) is 13.9 Å². The van der Waals surface area contributed by atoms with Gasteiger partial charge in [-0.05, 0) is 68.3 Å². The van der Waals surface area contributed by atoms with Crippen LogP contribution in [0.1, 0.15) is 31.9 Å². The molecule has 3 rings (SSSR count). The highest BCUT2D eigenvalue weighted by molar-refractivity contribution is 9.10. The lowest BCUT2D eigenvalue weighted by Gasteiger charge is -2.35. The average molecular weight is 669 g/mol. The van der Waals surface area contributed by atoms with E-state index >= 15 is 0 Å². The molecule has 0 aliphatic carbocycles. The van der Waals surface area contributed by atoms with Crippen molar-refractivity contribution in [1.29, 1.82) is 0 Å². The third kappa shape index (κ3) is 9.23. The van der Waals surface area contributed by atoms with E-state index in [1.807, 2.05) is 51.1 Å². The molecule has 2 amide bonds. The van der Waals surface area contributed by atoms with Gasteiger partial charge in [0.2, 0.25) is 21.8 Å². The van der Waals surface area contributed by atoms with Gasteiger partial charge in [0.05, 0.1) is 11.9 Å². The van der Waals surface area contributed by atoms with E-state index in [4.69, 9.17) is 23.2 Å². The topological polar surface area (TPSA) is 86.8 Å². The number of anilines is 1. The smallest absolute Gasteiger partial charge is 0.244 e. The first-order valence-corrected chi connectivity index (χ1v) is 15.9. The van der Waals surface area contributed by atoms with E-state index in [9.17, 15) is 18.0 Å². The first kappa shape index (κ1) is 31.9. The molecule has 0 saturated carbocycles. The first-order valence-electron chi connectivity index (χ1n) is 12.5. The highest BCUT2D eigenvalue weighted by atomic mass is 79.9. The number of nitrogens with one attached hydrogen (secondary N) is 1. The van der Waals surface area contributed by atoms with Crippen LogP contribution >= 0.6 is 39.1 Å². The van der Waals surface area contributed by atoms with Crippen molar-refractivity contribution in [2.75, 3.05) is 17.1 Å². The third-order valence-corrected chi connectivity index (χ3v) is 8.18. The summed E-state index contributed by atoms with van der Waals surface area (Å²) in [6.07, 6.45) is 1.24. The second kappa shape index (κ2) is 13.4. The van der Waals surface area contributed by atoms with Gasteiger partial charge in [-0.25, -0.2) is 8.42 Å². The lowest BCUT2D eigenvalue weighted by atomic mass is 10.0. The van der Waals surface area contributed by atoms with Crippen molar-refractivity contribution in [2.45, 2.75) is 45.3 Å². The highest BCUT2D eigenvalue weighted by Gasteiger charge is 2.34. The summed E-state index contributed by atoms with van der Waals surface area (Å²) < 4.78 is 27.5. The number of carbonyl (C=O) groups excluding carboxylic acids is 2. The fraction of sp³-hybridized carbons (Fsp3) is 0.310. The molecule has 214 valence electrons. The monoisotopic (exact) mass is 667 g/mol. The normalized spacial score (nSPS) is 12.5. The van der Waals surface area contributed by atoms with Gasteiger partial charge in [-0.1, -0.05) is 75.5 Å². The molecular formula is C29H32BrCl2N3O4S. The molecule has 11 heteroatoms. The summed E-state index contributed by atoms with van der Waals surface area (Å²) in [5.74, 6) is -0.936. The summed E-state index contributed by atoms with van der Waals surface area (Å²) in [5.41, 5.74) is 1.15. The van der Waals surface area contributed by atoms with E-state index in [0.717, 1.165) is 20.6 Å². The minimum absolute atomic E-state index is 0.0398. The molecule has 0 radical (unpaired) electrons. The SMILES string of the molecule is CC(C)(C)NC(=O)[C@@H](Cc1ccccc1)N(Cc1ccc(Cl)cc1Cl)C(=O)CN(c1ccc(Br)cc1)S(C)(=O)=O. The quantitative estimate of drug-likeness (QED) is 0.284. The van der Waals surface area contributed by atoms with Crippen LogP contribution in [0.3, 0.4) is 0 Å². The van der Waals surface area contributed by atoms with Crippen LogP contribution in [0.15, 0.2) is 77.3 Å². The molecule has 0 aliphatic rings. The van der Waals surface area contributed by atoms with E-state index in [0.29, 0.717) is 21.3 Å². The number of carbonyl (C=O) groups is 2. The van der Waals surface area contributed by atoms with Gasteiger partial charge in [0.1, 0.15) is 12.6 Å². The van der Waals surface area contributed by atoms with Crippen LogP contribution in [0.4, 0.5) is 5.69 Å². The third-order valence-electron chi connectivity index (χ3n) is 5.92. The van der Waals surface area contributed by atoms with Gasteiger partial charge >= 0.3 is 0 Å². The largest absolute Gasteiger partial charge is 0.350 e. The highest BCUT2D eigenvalue weighted by Crippen LogP contribution is 2.26. The minimum Gasteiger partial charge on any atom is -0.350 e. The molecule has 0 spiro atoms. The second-order valence-corrected chi connectivity index (χ2v) is 14.1. The Kier molecular flexibility index (Phi) is 10.7. The predicted molar refractivity (Wildman–Crippen MR) is 165 cm³/mol. The Bertz CT molecular complexity index is 1450. The lowest BCUT2D eigenvalue weighted by molar-refractivity contribution is -0.140. The number of nitrogens with zero attached hydrogens (tertiary/aromatic N) is 2. The summed E-state index contributed by atoms with van der Waals surface area (Å²) >= 11 is 15.9. The average Bonchev–Trinajstić information content (AvgIpc) is 2.85. The van der Waals surface area contributed by atoms with Gasteiger partial charge in [0.15, 0.2) is 0 Å². The molecule has 1 N–H and O–H groups in total. The van der Waals surface area contributed by atoms with Crippen LogP contribution in [-0.2, 0) is 32.6 Å². The van der Waals surface area contributed by atoms with Crippen LogP contribution in [0.25, 0.3) is 0 Å². The van der Waals surface area contributed by atoms with Crippen molar-refractivity contribution >= 4 is 66.7 Å². The molecule has 0 heterocycles. The molecule has 1 atom stereocenters. The number of benzene rings is 3. The molecule has 3 aromatic carbocycles. The van der Waals surface area contributed by atoms with Crippen molar-refractivity contribution in [3.8, 4) is 0 Å². The van der Waals surface area contributed by atoms with Gasteiger partial charge in [-0.2, -0.15) is 0 Å². The molecule has 0 unspecified atom stereocenters. The minimum atomic E-state index is -3.85. The molecule has 0 bridgehead atoms. The summed E-state index contributed by atoms with van der Waals surface area (Å²) in [6.45, 7) is 5.00. The van der Waals surface area contributed by atoms with E-state index < -0.39 is 34.1 Å². The van der Waals surface area contributed by atoms with E-state index in [-0.39, 0.29) is 18.9 Å². The van der Waals surface area contributed by atoms with Crippen LogP contribution in [0.2, 0.25) is 10.0 Å². The van der Waals surface area contributed by atoms with Crippen molar-refractivity contribution in [2.24, 2.45) is 0 Å². The molecule has 0 fully saturated rings. The maximum atomic E-state index is 14.1. The van der Waals surface area contributed by atoms with Crippen LogP contribution in [0.5, 0.6) is 0 Å². The maximum absolute atomic E-state index is 14.1. The molecular weight excluding hydrogens is 637 g/mol. The van der Waals surface area contributed by atoms with Crippen molar-refractivity contribution in [3.05, 3.63) is 98.4 Å². The second-order valence-electron chi connectivity index (χ2n) is 10.4. The molecule has 7 nitrogen and oxygen atoms in total.